The van der Waals surface area contributed by atoms with E-state index in [-0.39, 0.29) is 5.91 Å². The molecule has 5 nitrogen and oxygen atoms in total. The zero-order valence-corrected chi connectivity index (χ0v) is 12.3. The van der Waals surface area contributed by atoms with Gasteiger partial charge in [-0.1, -0.05) is 18.2 Å². The molecular weight excluding hydrogens is 266 g/mol. The van der Waals surface area contributed by atoms with Gasteiger partial charge < -0.3 is 9.47 Å². The van der Waals surface area contributed by atoms with E-state index >= 15 is 0 Å². The summed E-state index contributed by atoms with van der Waals surface area (Å²) in [6.45, 7) is 3.45. The Morgan fingerprint density at radius 3 is 2.81 bits per heavy atom. The minimum absolute atomic E-state index is 0.125. The van der Waals surface area contributed by atoms with Gasteiger partial charge in [0.05, 0.1) is 11.9 Å². The van der Waals surface area contributed by atoms with Crippen molar-refractivity contribution in [3.05, 3.63) is 53.6 Å². The number of carbonyl (C=O) groups is 2. The summed E-state index contributed by atoms with van der Waals surface area (Å²) in [6.07, 6.45) is 5.16. The van der Waals surface area contributed by atoms with Crippen LogP contribution in [0.3, 0.4) is 0 Å². The standard InChI is InChI=1S/C16H19N3O2/c1-13-10-17-12-19(13)9-5-8-18(2)16(21)15-7-4-3-6-14(15)11-20/h3-4,6-7,10-12H,5,8-9H2,1-2H3. The second-order valence-electron chi connectivity index (χ2n) is 5.01. The first kappa shape index (κ1) is 15.0. The van der Waals surface area contributed by atoms with E-state index in [1.54, 1.807) is 42.5 Å². The van der Waals surface area contributed by atoms with Crippen LogP contribution in [-0.2, 0) is 6.54 Å². The number of benzene rings is 1. The summed E-state index contributed by atoms with van der Waals surface area (Å²) < 4.78 is 2.05. The van der Waals surface area contributed by atoms with Gasteiger partial charge in [-0.2, -0.15) is 0 Å². The average Bonchev–Trinajstić information content (AvgIpc) is 2.91. The minimum atomic E-state index is -0.125. The fraction of sp³-hybridized carbons (Fsp3) is 0.312. The smallest absolute Gasteiger partial charge is 0.254 e. The third-order valence-corrected chi connectivity index (χ3v) is 3.48. The number of rotatable bonds is 6. The quantitative estimate of drug-likeness (QED) is 0.764. The number of hydrogen-bond acceptors (Lipinski definition) is 3. The lowest BCUT2D eigenvalue weighted by molar-refractivity contribution is 0.0788. The Hall–Kier alpha value is -2.43. The van der Waals surface area contributed by atoms with E-state index < -0.39 is 0 Å². The highest BCUT2D eigenvalue weighted by Gasteiger charge is 2.14. The van der Waals surface area contributed by atoms with Crippen LogP contribution in [0.25, 0.3) is 0 Å². The van der Waals surface area contributed by atoms with Gasteiger partial charge in [-0.25, -0.2) is 4.98 Å². The van der Waals surface area contributed by atoms with Crippen LogP contribution >= 0.6 is 0 Å². The van der Waals surface area contributed by atoms with Gasteiger partial charge in [-0.3, -0.25) is 9.59 Å². The molecule has 0 saturated heterocycles. The SMILES string of the molecule is Cc1cncn1CCCN(C)C(=O)c1ccccc1C=O. The number of aromatic nitrogens is 2. The third kappa shape index (κ3) is 3.56. The highest BCUT2D eigenvalue weighted by Crippen LogP contribution is 2.10. The molecule has 0 saturated carbocycles. The molecule has 0 N–H and O–H groups in total. The lowest BCUT2D eigenvalue weighted by atomic mass is 10.1. The van der Waals surface area contributed by atoms with Crippen LogP contribution < -0.4 is 0 Å². The molecule has 1 aromatic carbocycles. The molecule has 0 unspecified atom stereocenters. The first-order chi connectivity index (χ1) is 10.1. The van der Waals surface area contributed by atoms with Crippen LogP contribution in [0.4, 0.5) is 0 Å². The second kappa shape index (κ2) is 6.83. The van der Waals surface area contributed by atoms with E-state index in [2.05, 4.69) is 9.55 Å². The maximum atomic E-state index is 12.3. The van der Waals surface area contributed by atoms with Crippen molar-refractivity contribution in [1.29, 1.82) is 0 Å². The maximum absolute atomic E-state index is 12.3. The predicted molar refractivity (Wildman–Crippen MR) is 80.4 cm³/mol. The van der Waals surface area contributed by atoms with Crippen LogP contribution in [0, 0.1) is 6.92 Å². The van der Waals surface area contributed by atoms with E-state index in [9.17, 15) is 9.59 Å². The molecule has 21 heavy (non-hydrogen) atoms. The van der Waals surface area contributed by atoms with Crippen molar-refractivity contribution in [3.8, 4) is 0 Å². The van der Waals surface area contributed by atoms with E-state index in [1.807, 2.05) is 13.1 Å². The summed E-state index contributed by atoms with van der Waals surface area (Å²) in [5.41, 5.74) is 1.99. The van der Waals surface area contributed by atoms with Crippen LogP contribution in [-0.4, -0.2) is 40.2 Å². The molecule has 1 amide bonds. The predicted octanol–water partition coefficient (Wildman–Crippen LogP) is 2.17. The number of hydrogen-bond donors (Lipinski definition) is 0. The largest absolute Gasteiger partial charge is 0.342 e. The molecule has 0 bridgehead atoms. The van der Waals surface area contributed by atoms with E-state index in [0.717, 1.165) is 24.9 Å². The number of aldehydes is 1. The molecule has 0 aliphatic rings. The van der Waals surface area contributed by atoms with Crippen molar-refractivity contribution < 1.29 is 9.59 Å². The Morgan fingerprint density at radius 1 is 1.38 bits per heavy atom. The first-order valence-electron chi connectivity index (χ1n) is 6.90. The Morgan fingerprint density at radius 2 is 2.14 bits per heavy atom. The van der Waals surface area contributed by atoms with Gasteiger partial charge in [0, 0.05) is 37.6 Å². The molecule has 0 aliphatic heterocycles. The fourth-order valence-corrected chi connectivity index (χ4v) is 2.20. The van der Waals surface area contributed by atoms with Crippen LogP contribution in [0.15, 0.2) is 36.8 Å². The van der Waals surface area contributed by atoms with E-state index in [4.69, 9.17) is 0 Å². The summed E-state index contributed by atoms with van der Waals surface area (Å²) in [4.78, 5) is 29.0. The van der Waals surface area contributed by atoms with Gasteiger partial charge in [0.25, 0.3) is 5.91 Å². The van der Waals surface area contributed by atoms with Gasteiger partial charge in [-0.05, 0) is 19.4 Å². The molecule has 110 valence electrons. The summed E-state index contributed by atoms with van der Waals surface area (Å²) in [6, 6.07) is 6.86. The second-order valence-corrected chi connectivity index (χ2v) is 5.01. The van der Waals surface area contributed by atoms with Crippen molar-refractivity contribution in [2.75, 3.05) is 13.6 Å². The van der Waals surface area contributed by atoms with Gasteiger partial charge >= 0.3 is 0 Å². The molecule has 0 atom stereocenters. The van der Waals surface area contributed by atoms with Crippen molar-refractivity contribution in [2.45, 2.75) is 19.9 Å². The topological polar surface area (TPSA) is 55.2 Å². The molecule has 1 aromatic heterocycles. The third-order valence-electron chi connectivity index (χ3n) is 3.48. The fourth-order valence-electron chi connectivity index (χ4n) is 2.20. The number of aryl methyl sites for hydroxylation is 2. The Labute approximate surface area is 124 Å². The lowest BCUT2D eigenvalue weighted by Gasteiger charge is -2.18. The molecule has 5 heteroatoms. The van der Waals surface area contributed by atoms with E-state index in [1.165, 1.54) is 0 Å². The van der Waals surface area contributed by atoms with Gasteiger partial charge in [0.2, 0.25) is 0 Å². The summed E-state index contributed by atoms with van der Waals surface area (Å²) >= 11 is 0. The average molecular weight is 285 g/mol. The highest BCUT2D eigenvalue weighted by atomic mass is 16.2. The Bertz CT molecular complexity index is 634. The van der Waals surface area contributed by atoms with Crippen molar-refractivity contribution in [1.82, 2.24) is 14.5 Å². The van der Waals surface area contributed by atoms with Gasteiger partial charge in [0.1, 0.15) is 0 Å². The molecule has 0 aliphatic carbocycles. The van der Waals surface area contributed by atoms with Crippen LogP contribution in [0.5, 0.6) is 0 Å². The molecule has 0 spiro atoms. The van der Waals surface area contributed by atoms with Crippen LogP contribution in [0.2, 0.25) is 0 Å². The highest BCUT2D eigenvalue weighted by molar-refractivity contribution is 6.01. The van der Waals surface area contributed by atoms with Crippen molar-refractivity contribution in [3.63, 3.8) is 0 Å². The van der Waals surface area contributed by atoms with Gasteiger partial charge in [0.15, 0.2) is 6.29 Å². The van der Waals surface area contributed by atoms with E-state index in [0.29, 0.717) is 17.7 Å². The number of imidazole rings is 1. The zero-order chi connectivity index (χ0) is 15.2. The van der Waals surface area contributed by atoms with Crippen LogP contribution in [0.1, 0.15) is 32.8 Å². The van der Waals surface area contributed by atoms with Gasteiger partial charge in [-0.15, -0.1) is 0 Å². The summed E-state index contributed by atoms with van der Waals surface area (Å²) in [5.74, 6) is -0.125. The molecule has 1 heterocycles. The summed E-state index contributed by atoms with van der Waals surface area (Å²) in [5, 5.41) is 0. The monoisotopic (exact) mass is 285 g/mol. The lowest BCUT2D eigenvalue weighted by Crippen LogP contribution is -2.29. The first-order valence-corrected chi connectivity index (χ1v) is 6.90. The normalized spacial score (nSPS) is 10.4. The molecule has 2 rings (SSSR count). The van der Waals surface area contributed by atoms with Crippen molar-refractivity contribution >= 4 is 12.2 Å². The number of carbonyl (C=O) groups excluding carboxylic acids is 2. The Kier molecular flexibility index (Phi) is 4.87. The maximum Gasteiger partial charge on any atom is 0.254 e. The molecule has 0 radical (unpaired) electrons. The summed E-state index contributed by atoms with van der Waals surface area (Å²) in [7, 11) is 1.75. The Balaban J connectivity index is 1.94. The molecule has 0 fully saturated rings. The molecular formula is C16H19N3O2. The molecule has 2 aromatic rings. The zero-order valence-electron chi connectivity index (χ0n) is 12.3. The minimum Gasteiger partial charge on any atom is -0.342 e. The number of nitrogens with zero attached hydrogens (tertiary/aromatic N) is 3. The van der Waals surface area contributed by atoms with Crippen molar-refractivity contribution in [2.24, 2.45) is 0 Å². The number of amides is 1.